The first-order valence-corrected chi connectivity index (χ1v) is 8.48. The number of fused-ring (bicyclic) bond motifs is 1. The highest BCUT2D eigenvalue weighted by Gasteiger charge is 2.22. The zero-order chi connectivity index (χ0) is 18.1. The Morgan fingerprint density at radius 1 is 1.08 bits per heavy atom. The van der Waals surface area contributed by atoms with Crippen molar-refractivity contribution < 1.29 is 4.39 Å². The van der Waals surface area contributed by atoms with Gasteiger partial charge < -0.3 is 9.88 Å². The maximum absolute atomic E-state index is 14.6. The van der Waals surface area contributed by atoms with E-state index in [1.807, 2.05) is 61.1 Å². The van der Waals surface area contributed by atoms with E-state index < -0.39 is 6.04 Å². The molecule has 0 aliphatic rings. The normalized spacial score (nSPS) is 12.3. The summed E-state index contributed by atoms with van der Waals surface area (Å²) < 4.78 is 16.5. The number of hydrogen-bond acceptors (Lipinski definition) is 3. The van der Waals surface area contributed by atoms with Gasteiger partial charge in [-0.15, -0.1) is 0 Å². The number of hydrogen-bond donors (Lipinski definition) is 1. The predicted molar refractivity (Wildman–Crippen MR) is 102 cm³/mol. The predicted octanol–water partition coefficient (Wildman–Crippen LogP) is 4.62. The molecule has 2 aromatic heterocycles. The molecule has 0 aliphatic carbocycles. The summed E-state index contributed by atoms with van der Waals surface area (Å²) in [6.45, 7) is 1.95. The smallest absolute Gasteiger partial charge is 0.135 e. The maximum atomic E-state index is 14.6. The second-order valence-corrected chi connectivity index (χ2v) is 6.32. The standard InChI is InChI=1S/C21H19FN4/c1-14-13-19(16-8-4-6-10-18(16)24-14)25-20(21-23-11-12-26(21)2)15-7-3-5-9-17(15)22/h3-13,20H,1-2H3,(H,24,25)/t20-/m1/s1. The largest absolute Gasteiger partial charge is 0.371 e. The number of rotatable bonds is 4. The lowest BCUT2D eigenvalue weighted by atomic mass is 10.0. The Morgan fingerprint density at radius 2 is 1.85 bits per heavy atom. The minimum Gasteiger partial charge on any atom is -0.371 e. The number of imidazole rings is 1. The third-order valence-electron chi connectivity index (χ3n) is 4.48. The number of nitrogens with zero attached hydrogens (tertiary/aromatic N) is 3. The van der Waals surface area contributed by atoms with Crippen molar-refractivity contribution in [1.29, 1.82) is 0 Å². The average molecular weight is 346 g/mol. The van der Waals surface area contributed by atoms with E-state index in [4.69, 9.17) is 0 Å². The monoisotopic (exact) mass is 346 g/mol. The molecule has 4 nitrogen and oxygen atoms in total. The van der Waals surface area contributed by atoms with Gasteiger partial charge in [-0.25, -0.2) is 9.37 Å². The van der Waals surface area contributed by atoms with Gasteiger partial charge in [0.1, 0.15) is 17.7 Å². The Balaban J connectivity index is 1.87. The number of anilines is 1. The summed E-state index contributed by atoms with van der Waals surface area (Å²) in [6, 6.07) is 16.3. The van der Waals surface area contributed by atoms with Crippen LogP contribution in [-0.2, 0) is 7.05 Å². The molecule has 2 heterocycles. The van der Waals surface area contributed by atoms with Crippen LogP contribution in [0.15, 0.2) is 67.0 Å². The Kier molecular flexibility index (Phi) is 4.13. The molecule has 0 aliphatic heterocycles. The van der Waals surface area contributed by atoms with E-state index in [1.54, 1.807) is 18.3 Å². The highest BCUT2D eigenvalue weighted by Crippen LogP contribution is 2.31. The fourth-order valence-electron chi connectivity index (χ4n) is 3.23. The second-order valence-electron chi connectivity index (χ2n) is 6.32. The quantitative estimate of drug-likeness (QED) is 0.586. The van der Waals surface area contributed by atoms with Gasteiger partial charge in [0.05, 0.1) is 5.52 Å². The van der Waals surface area contributed by atoms with Crippen molar-refractivity contribution in [2.24, 2.45) is 7.05 Å². The van der Waals surface area contributed by atoms with Crippen molar-refractivity contribution in [3.8, 4) is 0 Å². The molecular formula is C21H19FN4. The number of nitrogens with one attached hydrogen (secondary N) is 1. The van der Waals surface area contributed by atoms with Gasteiger partial charge in [-0.2, -0.15) is 0 Å². The van der Waals surface area contributed by atoms with Crippen LogP contribution in [-0.4, -0.2) is 14.5 Å². The number of benzene rings is 2. The summed E-state index contributed by atoms with van der Waals surface area (Å²) in [6.07, 6.45) is 3.58. The van der Waals surface area contributed by atoms with Crippen molar-refractivity contribution in [2.75, 3.05) is 5.32 Å². The van der Waals surface area contributed by atoms with Crippen LogP contribution in [0.25, 0.3) is 10.9 Å². The Hall–Kier alpha value is -3.21. The maximum Gasteiger partial charge on any atom is 0.135 e. The van der Waals surface area contributed by atoms with Crippen LogP contribution >= 0.6 is 0 Å². The summed E-state index contributed by atoms with van der Waals surface area (Å²) in [5.74, 6) is 0.483. The van der Waals surface area contributed by atoms with Crippen molar-refractivity contribution in [3.63, 3.8) is 0 Å². The number of aryl methyl sites for hydroxylation is 2. The first kappa shape index (κ1) is 16.3. The molecule has 0 fully saturated rings. The van der Waals surface area contributed by atoms with Crippen molar-refractivity contribution in [1.82, 2.24) is 14.5 Å². The summed E-state index contributed by atoms with van der Waals surface area (Å²) in [7, 11) is 1.91. The Morgan fingerprint density at radius 3 is 2.62 bits per heavy atom. The van der Waals surface area contributed by atoms with Gasteiger partial charge in [-0.05, 0) is 25.1 Å². The molecule has 0 spiro atoms. The van der Waals surface area contributed by atoms with Crippen LogP contribution < -0.4 is 5.32 Å². The van der Waals surface area contributed by atoms with Crippen LogP contribution in [0.4, 0.5) is 10.1 Å². The molecule has 4 aromatic rings. The number of halogens is 1. The molecule has 130 valence electrons. The van der Waals surface area contributed by atoms with Crippen LogP contribution in [0.5, 0.6) is 0 Å². The average Bonchev–Trinajstić information content (AvgIpc) is 3.06. The minimum atomic E-state index is -0.415. The van der Waals surface area contributed by atoms with E-state index in [2.05, 4.69) is 15.3 Å². The summed E-state index contributed by atoms with van der Waals surface area (Å²) >= 11 is 0. The van der Waals surface area contributed by atoms with Gasteiger partial charge in [0.25, 0.3) is 0 Å². The van der Waals surface area contributed by atoms with Crippen molar-refractivity contribution in [3.05, 3.63) is 89.9 Å². The van der Waals surface area contributed by atoms with E-state index in [1.165, 1.54) is 6.07 Å². The van der Waals surface area contributed by atoms with Gasteiger partial charge in [0.2, 0.25) is 0 Å². The van der Waals surface area contributed by atoms with Crippen molar-refractivity contribution >= 4 is 16.6 Å². The molecule has 0 saturated heterocycles. The summed E-state index contributed by atoms with van der Waals surface area (Å²) in [4.78, 5) is 9.03. The molecule has 1 N–H and O–H groups in total. The highest BCUT2D eigenvalue weighted by molar-refractivity contribution is 5.91. The van der Waals surface area contributed by atoms with Gasteiger partial charge >= 0.3 is 0 Å². The molecule has 0 unspecified atom stereocenters. The van der Waals surface area contributed by atoms with E-state index in [-0.39, 0.29) is 5.82 Å². The molecule has 26 heavy (non-hydrogen) atoms. The number of para-hydroxylation sites is 1. The summed E-state index contributed by atoms with van der Waals surface area (Å²) in [5, 5.41) is 4.49. The molecular weight excluding hydrogens is 327 g/mol. The van der Waals surface area contributed by atoms with E-state index in [0.29, 0.717) is 5.56 Å². The van der Waals surface area contributed by atoms with Crippen molar-refractivity contribution in [2.45, 2.75) is 13.0 Å². The lowest BCUT2D eigenvalue weighted by Gasteiger charge is -2.22. The van der Waals surface area contributed by atoms with E-state index in [9.17, 15) is 4.39 Å². The molecule has 2 aromatic carbocycles. The molecule has 5 heteroatoms. The van der Waals surface area contributed by atoms with Crippen LogP contribution in [0.3, 0.4) is 0 Å². The number of aromatic nitrogens is 3. The fourth-order valence-corrected chi connectivity index (χ4v) is 3.23. The third kappa shape index (κ3) is 2.92. The van der Waals surface area contributed by atoms with Crippen LogP contribution in [0.1, 0.15) is 23.1 Å². The van der Waals surface area contributed by atoms with Gasteiger partial charge in [0, 0.05) is 41.8 Å². The minimum absolute atomic E-state index is 0.261. The Bertz CT molecular complexity index is 1070. The summed E-state index contributed by atoms with van der Waals surface area (Å²) in [5.41, 5.74) is 3.27. The topological polar surface area (TPSA) is 42.7 Å². The lowest BCUT2D eigenvalue weighted by Crippen LogP contribution is -2.18. The zero-order valence-corrected chi connectivity index (χ0v) is 14.6. The molecule has 0 bridgehead atoms. The molecule has 4 rings (SSSR count). The number of pyridine rings is 1. The van der Waals surface area contributed by atoms with Crippen LogP contribution in [0.2, 0.25) is 0 Å². The lowest BCUT2D eigenvalue weighted by molar-refractivity contribution is 0.596. The highest BCUT2D eigenvalue weighted by atomic mass is 19.1. The molecule has 0 amide bonds. The first-order chi connectivity index (χ1) is 12.6. The zero-order valence-electron chi connectivity index (χ0n) is 14.6. The van der Waals surface area contributed by atoms with E-state index in [0.717, 1.165) is 28.1 Å². The van der Waals surface area contributed by atoms with Gasteiger partial charge in [-0.1, -0.05) is 36.4 Å². The third-order valence-corrected chi connectivity index (χ3v) is 4.48. The first-order valence-electron chi connectivity index (χ1n) is 8.48. The Labute approximate surface area is 151 Å². The second kappa shape index (κ2) is 6.59. The van der Waals surface area contributed by atoms with Gasteiger partial charge in [0.15, 0.2) is 0 Å². The van der Waals surface area contributed by atoms with E-state index >= 15 is 0 Å². The SMILES string of the molecule is Cc1cc(N[C@H](c2ccccc2F)c2nccn2C)c2ccccc2n1. The molecule has 0 saturated carbocycles. The van der Waals surface area contributed by atoms with Gasteiger partial charge in [-0.3, -0.25) is 4.98 Å². The van der Waals surface area contributed by atoms with Crippen LogP contribution in [0, 0.1) is 12.7 Å². The fraction of sp³-hybridized carbons (Fsp3) is 0.143. The molecule has 1 atom stereocenters. The molecule has 0 radical (unpaired) electrons.